The van der Waals surface area contributed by atoms with Crippen LogP contribution >= 0.6 is 11.3 Å². The van der Waals surface area contributed by atoms with Crippen molar-refractivity contribution in [3.05, 3.63) is 64.5 Å². The van der Waals surface area contributed by atoms with Crippen LogP contribution in [0.25, 0.3) is 11.3 Å². The van der Waals surface area contributed by atoms with Crippen molar-refractivity contribution in [1.29, 1.82) is 5.26 Å². The van der Waals surface area contributed by atoms with Gasteiger partial charge in [0.25, 0.3) is 5.91 Å². The first kappa shape index (κ1) is 20.8. The van der Waals surface area contributed by atoms with Gasteiger partial charge >= 0.3 is 12.3 Å². The molecule has 2 aromatic carbocycles. The Labute approximate surface area is 171 Å². The van der Waals surface area contributed by atoms with Crippen LogP contribution in [0.1, 0.15) is 25.6 Å². The molecule has 3 aromatic rings. The summed E-state index contributed by atoms with van der Waals surface area (Å²) in [5.74, 6) is -2.24. The van der Waals surface area contributed by atoms with Crippen molar-refractivity contribution < 1.29 is 32.6 Å². The van der Waals surface area contributed by atoms with Gasteiger partial charge in [-0.25, -0.2) is 9.78 Å². The lowest BCUT2D eigenvalue weighted by atomic mass is 10.1. The third kappa shape index (κ3) is 4.92. The number of benzene rings is 2. The number of carbonyl (C=O) groups is 2. The number of amides is 1. The van der Waals surface area contributed by atoms with E-state index in [0.717, 1.165) is 23.5 Å². The van der Waals surface area contributed by atoms with E-state index in [1.807, 2.05) is 6.07 Å². The molecule has 152 valence electrons. The molecule has 11 heteroatoms. The molecule has 30 heavy (non-hydrogen) atoms. The second-order valence-electron chi connectivity index (χ2n) is 5.72. The third-order valence-electron chi connectivity index (χ3n) is 3.68. The number of nitriles is 1. The van der Waals surface area contributed by atoms with Crippen LogP contribution in [-0.2, 0) is 0 Å². The number of carboxylic acid groups (broad SMARTS) is 1. The first-order valence-electron chi connectivity index (χ1n) is 8.08. The number of hydrogen-bond donors (Lipinski definition) is 2. The molecule has 0 bridgehead atoms. The van der Waals surface area contributed by atoms with Gasteiger partial charge in [-0.2, -0.15) is 5.26 Å². The molecule has 3 rings (SSSR count). The standard InChI is InChI=1S/C19H10F3N3O4S/c20-19(21,22)29-13-6-4-10(5-7-13)15-14(9-23)30-18(24-15)25-16(26)11-2-1-3-12(8-11)17(27)28/h1-8H,(H,27,28)(H,24,25,26). The van der Waals surface area contributed by atoms with Gasteiger partial charge in [0.15, 0.2) is 5.13 Å². The van der Waals surface area contributed by atoms with Gasteiger partial charge in [0, 0.05) is 11.1 Å². The molecule has 2 N–H and O–H groups in total. The van der Waals surface area contributed by atoms with Gasteiger partial charge in [0.1, 0.15) is 22.4 Å². The van der Waals surface area contributed by atoms with E-state index in [1.54, 1.807) is 0 Å². The number of hydrogen-bond acceptors (Lipinski definition) is 6. The predicted octanol–water partition coefficient (Wildman–Crippen LogP) is 4.53. The van der Waals surface area contributed by atoms with Gasteiger partial charge in [-0.05, 0) is 42.5 Å². The zero-order valence-corrected chi connectivity index (χ0v) is 15.5. The molecular weight excluding hydrogens is 423 g/mol. The maximum Gasteiger partial charge on any atom is 0.573 e. The van der Waals surface area contributed by atoms with E-state index in [0.29, 0.717) is 5.56 Å². The molecule has 1 aromatic heterocycles. The molecule has 0 aliphatic carbocycles. The van der Waals surface area contributed by atoms with Crippen molar-refractivity contribution in [3.63, 3.8) is 0 Å². The van der Waals surface area contributed by atoms with Crippen molar-refractivity contribution in [2.75, 3.05) is 5.32 Å². The van der Waals surface area contributed by atoms with Crippen molar-refractivity contribution in [1.82, 2.24) is 4.98 Å². The lowest BCUT2D eigenvalue weighted by Crippen LogP contribution is -2.16. The molecular formula is C19H10F3N3O4S. The molecule has 0 unspecified atom stereocenters. The summed E-state index contributed by atoms with van der Waals surface area (Å²) in [6, 6.07) is 12.0. The van der Waals surface area contributed by atoms with Crippen molar-refractivity contribution >= 4 is 28.3 Å². The van der Waals surface area contributed by atoms with Crippen LogP contribution < -0.4 is 10.1 Å². The number of anilines is 1. The van der Waals surface area contributed by atoms with E-state index in [9.17, 15) is 28.0 Å². The molecule has 0 spiro atoms. The number of carboxylic acids is 1. The number of thiazole rings is 1. The topological polar surface area (TPSA) is 112 Å². The fraction of sp³-hybridized carbons (Fsp3) is 0.0526. The summed E-state index contributed by atoms with van der Waals surface area (Å²) in [4.78, 5) is 27.7. The number of aromatic carboxylic acids is 1. The monoisotopic (exact) mass is 433 g/mol. The van der Waals surface area contributed by atoms with Gasteiger partial charge in [0.05, 0.1) is 5.56 Å². The maximum absolute atomic E-state index is 12.4. The van der Waals surface area contributed by atoms with Crippen LogP contribution in [-0.4, -0.2) is 28.3 Å². The SMILES string of the molecule is N#Cc1sc(NC(=O)c2cccc(C(=O)O)c2)nc1-c1ccc(OC(F)(F)F)cc1. The van der Waals surface area contributed by atoms with E-state index in [2.05, 4.69) is 15.0 Å². The molecule has 0 saturated heterocycles. The summed E-state index contributed by atoms with van der Waals surface area (Å²) in [5.41, 5.74) is 0.543. The highest BCUT2D eigenvalue weighted by molar-refractivity contribution is 7.16. The molecule has 0 atom stereocenters. The van der Waals surface area contributed by atoms with Crippen LogP contribution in [0.5, 0.6) is 5.75 Å². The van der Waals surface area contributed by atoms with Gasteiger partial charge in [-0.15, -0.1) is 13.2 Å². The number of ether oxygens (including phenoxy) is 1. The highest BCUT2D eigenvalue weighted by Gasteiger charge is 2.31. The second-order valence-corrected chi connectivity index (χ2v) is 6.72. The second kappa shape index (κ2) is 8.22. The van der Waals surface area contributed by atoms with E-state index in [1.165, 1.54) is 36.4 Å². The van der Waals surface area contributed by atoms with Crippen LogP contribution in [0.3, 0.4) is 0 Å². The van der Waals surface area contributed by atoms with E-state index in [-0.39, 0.29) is 26.8 Å². The number of nitrogens with zero attached hydrogens (tertiary/aromatic N) is 2. The first-order chi connectivity index (χ1) is 14.2. The van der Waals surface area contributed by atoms with Gasteiger partial charge < -0.3 is 9.84 Å². The number of nitrogens with one attached hydrogen (secondary N) is 1. The van der Waals surface area contributed by atoms with Crippen LogP contribution in [0, 0.1) is 11.3 Å². The zero-order chi connectivity index (χ0) is 21.9. The molecule has 0 radical (unpaired) electrons. The minimum Gasteiger partial charge on any atom is -0.478 e. The molecule has 0 aliphatic rings. The number of rotatable bonds is 5. The first-order valence-corrected chi connectivity index (χ1v) is 8.90. The fourth-order valence-electron chi connectivity index (χ4n) is 2.42. The summed E-state index contributed by atoms with van der Waals surface area (Å²) in [6.45, 7) is 0. The Morgan fingerprint density at radius 1 is 1.13 bits per heavy atom. The lowest BCUT2D eigenvalue weighted by Gasteiger charge is -2.08. The number of carbonyl (C=O) groups excluding carboxylic acids is 1. The molecule has 0 fully saturated rings. The van der Waals surface area contributed by atoms with Crippen molar-refractivity contribution in [2.24, 2.45) is 0 Å². The maximum atomic E-state index is 12.4. The van der Waals surface area contributed by atoms with Gasteiger partial charge in [-0.3, -0.25) is 10.1 Å². The minimum atomic E-state index is -4.82. The van der Waals surface area contributed by atoms with Crippen LogP contribution in [0.4, 0.5) is 18.3 Å². The van der Waals surface area contributed by atoms with Crippen molar-refractivity contribution in [2.45, 2.75) is 6.36 Å². The Bertz CT molecular complexity index is 1150. The Balaban J connectivity index is 1.83. The number of aromatic nitrogens is 1. The number of halogens is 3. The average molecular weight is 433 g/mol. The predicted molar refractivity (Wildman–Crippen MR) is 100 cm³/mol. The lowest BCUT2D eigenvalue weighted by molar-refractivity contribution is -0.274. The van der Waals surface area contributed by atoms with E-state index in [4.69, 9.17) is 5.11 Å². The summed E-state index contributed by atoms with van der Waals surface area (Å²) in [7, 11) is 0. The van der Waals surface area contributed by atoms with E-state index < -0.39 is 24.0 Å². The Morgan fingerprint density at radius 3 is 2.40 bits per heavy atom. The largest absolute Gasteiger partial charge is 0.573 e. The third-order valence-corrected chi connectivity index (χ3v) is 4.56. The van der Waals surface area contributed by atoms with Crippen LogP contribution in [0.15, 0.2) is 48.5 Å². The summed E-state index contributed by atoms with van der Waals surface area (Å²) >= 11 is 0.870. The van der Waals surface area contributed by atoms with Gasteiger partial charge in [0.2, 0.25) is 0 Å². The molecule has 0 saturated carbocycles. The van der Waals surface area contributed by atoms with Crippen molar-refractivity contribution in [3.8, 4) is 23.1 Å². The number of alkyl halides is 3. The fourth-order valence-corrected chi connectivity index (χ4v) is 3.20. The minimum absolute atomic E-state index is 0.0682. The Kier molecular flexibility index (Phi) is 5.70. The van der Waals surface area contributed by atoms with Crippen LogP contribution in [0.2, 0.25) is 0 Å². The quantitative estimate of drug-likeness (QED) is 0.611. The summed E-state index contributed by atoms with van der Waals surface area (Å²) < 4.78 is 40.6. The highest BCUT2D eigenvalue weighted by Crippen LogP contribution is 2.32. The normalized spacial score (nSPS) is 10.9. The summed E-state index contributed by atoms with van der Waals surface area (Å²) in [6.07, 6.45) is -4.82. The Hall–Kier alpha value is -3.91. The van der Waals surface area contributed by atoms with Gasteiger partial charge in [-0.1, -0.05) is 17.4 Å². The summed E-state index contributed by atoms with van der Waals surface area (Å²) in [5, 5.41) is 20.9. The molecule has 7 nitrogen and oxygen atoms in total. The Morgan fingerprint density at radius 2 is 1.80 bits per heavy atom. The zero-order valence-electron chi connectivity index (χ0n) is 14.7. The smallest absolute Gasteiger partial charge is 0.478 e. The molecule has 0 aliphatic heterocycles. The highest BCUT2D eigenvalue weighted by atomic mass is 32.1. The molecule has 1 amide bonds. The average Bonchev–Trinajstić information content (AvgIpc) is 3.10. The van der Waals surface area contributed by atoms with E-state index >= 15 is 0 Å². The molecule has 1 heterocycles.